The molecular formula is C12H24N2. The second-order valence-corrected chi connectivity index (χ2v) is 4.87. The number of nitrogens with one attached hydrogen (secondary N) is 1. The minimum atomic E-state index is 0.794. The van der Waals surface area contributed by atoms with Crippen molar-refractivity contribution in [3.63, 3.8) is 0 Å². The summed E-state index contributed by atoms with van der Waals surface area (Å²) in [4.78, 5) is 2.73. The second-order valence-electron chi connectivity index (χ2n) is 4.87. The van der Waals surface area contributed by atoms with Crippen LogP contribution in [0.25, 0.3) is 0 Å². The van der Waals surface area contributed by atoms with Gasteiger partial charge in [0.2, 0.25) is 0 Å². The minimum Gasteiger partial charge on any atom is -0.313 e. The Bertz CT molecular complexity index is 160. The first-order valence-corrected chi connectivity index (χ1v) is 6.37. The van der Waals surface area contributed by atoms with Crippen LogP contribution in [0, 0.1) is 0 Å². The maximum Gasteiger partial charge on any atom is 0.0195 e. The van der Waals surface area contributed by atoms with E-state index < -0.39 is 0 Å². The smallest absolute Gasteiger partial charge is 0.0195 e. The van der Waals surface area contributed by atoms with Gasteiger partial charge in [0.25, 0.3) is 0 Å². The summed E-state index contributed by atoms with van der Waals surface area (Å²) in [5.74, 6) is 0. The molecule has 1 saturated carbocycles. The topological polar surface area (TPSA) is 15.3 Å². The quantitative estimate of drug-likeness (QED) is 0.723. The lowest BCUT2D eigenvalue weighted by Gasteiger charge is -2.38. The maximum atomic E-state index is 3.61. The molecule has 2 rings (SSSR count). The Kier molecular flexibility index (Phi) is 3.82. The third-order valence-electron chi connectivity index (χ3n) is 3.72. The summed E-state index contributed by atoms with van der Waals surface area (Å²) in [6, 6.07) is 1.72. The van der Waals surface area contributed by atoms with Crippen molar-refractivity contribution in [2.45, 2.75) is 57.5 Å². The van der Waals surface area contributed by atoms with E-state index in [2.05, 4.69) is 17.1 Å². The molecule has 1 heterocycles. The summed E-state index contributed by atoms with van der Waals surface area (Å²) >= 11 is 0. The normalized spacial score (nSPS) is 28.3. The molecule has 2 nitrogen and oxygen atoms in total. The molecule has 1 N–H and O–H groups in total. The summed E-state index contributed by atoms with van der Waals surface area (Å²) < 4.78 is 0. The van der Waals surface area contributed by atoms with E-state index in [1.807, 2.05) is 0 Å². The van der Waals surface area contributed by atoms with Crippen molar-refractivity contribution in [2.24, 2.45) is 0 Å². The van der Waals surface area contributed by atoms with Crippen LogP contribution < -0.4 is 5.32 Å². The first-order valence-electron chi connectivity index (χ1n) is 6.37. The molecule has 2 fully saturated rings. The van der Waals surface area contributed by atoms with Crippen molar-refractivity contribution in [1.82, 2.24) is 10.2 Å². The maximum absolute atomic E-state index is 3.61. The van der Waals surface area contributed by atoms with E-state index in [0.717, 1.165) is 12.1 Å². The van der Waals surface area contributed by atoms with Gasteiger partial charge >= 0.3 is 0 Å². The Morgan fingerprint density at radius 1 is 1.21 bits per heavy atom. The van der Waals surface area contributed by atoms with Crippen molar-refractivity contribution < 1.29 is 0 Å². The molecule has 0 aromatic carbocycles. The number of nitrogens with zero attached hydrogens (tertiary/aromatic N) is 1. The van der Waals surface area contributed by atoms with Gasteiger partial charge in [-0.2, -0.15) is 0 Å². The summed E-state index contributed by atoms with van der Waals surface area (Å²) in [7, 11) is 0. The van der Waals surface area contributed by atoms with Crippen molar-refractivity contribution in [3.8, 4) is 0 Å². The van der Waals surface area contributed by atoms with E-state index in [1.54, 1.807) is 0 Å². The van der Waals surface area contributed by atoms with Gasteiger partial charge in [-0.3, -0.25) is 4.90 Å². The molecule has 0 amide bonds. The van der Waals surface area contributed by atoms with Crippen LogP contribution >= 0.6 is 0 Å². The molecule has 0 spiro atoms. The molecule has 0 bridgehead atoms. The van der Waals surface area contributed by atoms with Crippen LogP contribution in [0.15, 0.2) is 0 Å². The average molecular weight is 196 g/mol. The Morgan fingerprint density at radius 3 is 2.57 bits per heavy atom. The number of hydrogen-bond acceptors (Lipinski definition) is 2. The molecule has 1 aliphatic heterocycles. The summed E-state index contributed by atoms with van der Waals surface area (Å²) in [5, 5.41) is 3.61. The predicted molar refractivity (Wildman–Crippen MR) is 60.5 cm³/mol. The van der Waals surface area contributed by atoms with Gasteiger partial charge in [0.1, 0.15) is 0 Å². The first-order chi connectivity index (χ1) is 6.90. The van der Waals surface area contributed by atoms with Crippen LogP contribution in [0.3, 0.4) is 0 Å². The van der Waals surface area contributed by atoms with Crippen LogP contribution in [0.5, 0.6) is 0 Å². The van der Waals surface area contributed by atoms with Crippen molar-refractivity contribution in [3.05, 3.63) is 0 Å². The Hall–Kier alpha value is -0.0800. The minimum absolute atomic E-state index is 0.794. The zero-order chi connectivity index (χ0) is 9.80. The lowest BCUT2D eigenvalue weighted by Crippen LogP contribution is -2.46. The highest BCUT2D eigenvalue weighted by molar-refractivity contribution is 4.85. The van der Waals surface area contributed by atoms with Crippen molar-refractivity contribution in [1.29, 1.82) is 0 Å². The second kappa shape index (κ2) is 5.13. The van der Waals surface area contributed by atoms with Crippen LogP contribution in [0.4, 0.5) is 0 Å². The van der Waals surface area contributed by atoms with Gasteiger partial charge in [-0.05, 0) is 45.2 Å². The molecular weight excluding hydrogens is 172 g/mol. The van der Waals surface area contributed by atoms with Gasteiger partial charge in [-0.1, -0.05) is 13.3 Å². The molecule has 0 aromatic rings. The standard InChI is InChI=1S/C12H24N2/c1-2-9-14(12-6-3-7-12)10-11-5-4-8-13-11/h11-13H,2-10H2,1H3. The Morgan fingerprint density at radius 2 is 2.07 bits per heavy atom. The zero-order valence-electron chi connectivity index (χ0n) is 9.47. The highest BCUT2D eigenvalue weighted by atomic mass is 15.2. The number of rotatable bonds is 5. The molecule has 1 unspecified atom stereocenters. The molecule has 2 aliphatic rings. The SMILES string of the molecule is CCCN(CC1CCCN1)C1CCC1. The van der Waals surface area contributed by atoms with Crippen molar-refractivity contribution in [2.75, 3.05) is 19.6 Å². The molecule has 2 heteroatoms. The zero-order valence-corrected chi connectivity index (χ0v) is 9.47. The highest BCUT2D eigenvalue weighted by Crippen LogP contribution is 2.25. The molecule has 82 valence electrons. The fraction of sp³-hybridized carbons (Fsp3) is 1.00. The third-order valence-corrected chi connectivity index (χ3v) is 3.72. The monoisotopic (exact) mass is 196 g/mol. The van der Waals surface area contributed by atoms with E-state index in [-0.39, 0.29) is 0 Å². The van der Waals surface area contributed by atoms with Crippen LogP contribution in [0.2, 0.25) is 0 Å². The van der Waals surface area contributed by atoms with E-state index in [1.165, 1.54) is 58.2 Å². The summed E-state index contributed by atoms with van der Waals surface area (Å²) in [6.07, 6.45) is 8.45. The van der Waals surface area contributed by atoms with Crippen LogP contribution in [-0.2, 0) is 0 Å². The first kappa shape index (κ1) is 10.4. The lowest BCUT2D eigenvalue weighted by molar-refractivity contribution is 0.117. The van der Waals surface area contributed by atoms with E-state index in [9.17, 15) is 0 Å². The van der Waals surface area contributed by atoms with E-state index >= 15 is 0 Å². The van der Waals surface area contributed by atoms with Gasteiger partial charge in [0.15, 0.2) is 0 Å². The predicted octanol–water partition coefficient (Wildman–Crippen LogP) is 2.00. The van der Waals surface area contributed by atoms with Gasteiger partial charge in [0.05, 0.1) is 0 Å². The molecule has 1 atom stereocenters. The summed E-state index contributed by atoms with van der Waals surface area (Å²) in [5.41, 5.74) is 0. The molecule has 1 saturated heterocycles. The van der Waals surface area contributed by atoms with Crippen molar-refractivity contribution >= 4 is 0 Å². The van der Waals surface area contributed by atoms with Crippen LogP contribution in [0.1, 0.15) is 45.4 Å². The molecule has 0 radical (unpaired) electrons. The largest absolute Gasteiger partial charge is 0.313 e. The summed E-state index contributed by atoms with van der Waals surface area (Å²) in [6.45, 7) is 6.16. The lowest BCUT2D eigenvalue weighted by atomic mass is 9.91. The molecule has 1 aliphatic carbocycles. The third kappa shape index (κ3) is 2.48. The van der Waals surface area contributed by atoms with Gasteiger partial charge in [0, 0.05) is 18.6 Å². The fourth-order valence-electron chi connectivity index (χ4n) is 2.66. The average Bonchev–Trinajstić information content (AvgIpc) is 2.54. The van der Waals surface area contributed by atoms with E-state index in [0.29, 0.717) is 0 Å². The van der Waals surface area contributed by atoms with Gasteiger partial charge < -0.3 is 5.32 Å². The fourth-order valence-corrected chi connectivity index (χ4v) is 2.66. The molecule has 0 aromatic heterocycles. The Balaban J connectivity index is 1.76. The molecule has 14 heavy (non-hydrogen) atoms. The van der Waals surface area contributed by atoms with Gasteiger partial charge in [-0.15, -0.1) is 0 Å². The van der Waals surface area contributed by atoms with E-state index in [4.69, 9.17) is 0 Å². The van der Waals surface area contributed by atoms with Crippen LogP contribution in [-0.4, -0.2) is 36.6 Å². The highest BCUT2D eigenvalue weighted by Gasteiger charge is 2.27. The Labute approximate surface area is 88.1 Å². The number of hydrogen-bond donors (Lipinski definition) is 1. The van der Waals surface area contributed by atoms with Gasteiger partial charge in [-0.25, -0.2) is 0 Å².